The molecule has 0 aliphatic heterocycles. The van der Waals surface area contributed by atoms with Crippen molar-refractivity contribution in [3.63, 3.8) is 0 Å². The van der Waals surface area contributed by atoms with Crippen molar-refractivity contribution < 1.29 is 4.79 Å². The van der Waals surface area contributed by atoms with Gasteiger partial charge in [-0.25, -0.2) is 0 Å². The summed E-state index contributed by atoms with van der Waals surface area (Å²) in [5, 5.41) is 6.27. The van der Waals surface area contributed by atoms with Gasteiger partial charge in [0.05, 0.1) is 0 Å². The highest BCUT2D eigenvalue weighted by molar-refractivity contribution is 5.92. The highest BCUT2D eigenvalue weighted by Crippen LogP contribution is 2.05. The molecule has 0 fully saturated rings. The number of amides is 1. The number of hydrogen-bond donors (Lipinski definition) is 2. The summed E-state index contributed by atoms with van der Waals surface area (Å²) in [6.45, 7) is 4.32. The molecule has 2 rings (SSSR count). The van der Waals surface area contributed by atoms with Gasteiger partial charge in [0.1, 0.15) is 5.69 Å². The molecule has 0 saturated heterocycles. The van der Waals surface area contributed by atoms with Crippen molar-refractivity contribution in [2.45, 2.75) is 19.9 Å². The van der Waals surface area contributed by atoms with Gasteiger partial charge in [-0.1, -0.05) is 6.07 Å². The zero-order valence-electron chi connectivity index (χ0n) is 12.6. The molecule has 0 aliphatic carbocycles. The smallest absolute Gasteiger partial charge is 0.267 e. The van der Waals surface area contributed by atoms with Crippen LogP contribution in [0.15, 0.2) is 36.7 Å². The van der Waals surface area contributed by atoms with Crippen LogP contribution in [0.4, 0.5) is 0 Å². The number of carbonyl (C=O) groups is 1. The molecule has 0 radical (unpaired) electrons. The minimum absolute atomic E-state index is 0.0159. The standard InChI is InChI=1S/C16H22N4O/c1-13-6-7-15(20(13)2)16(21)19-10-4-9-18-12-14-5-3-8-17-11-14/h3,5-8,11,18H,4,9-10,12H2,1-2H3,(H,19,21). The van der Waals surface area contributed by atoms with E-state index in [-0.39, 0.29) is 5.91 Å². The van der Waals surface area contributed by atoms with Crippen molar-refractivity contribution in [3.8, 4) is 0 Å². The maximum Gasteiger partial charge on any atom is 0.267 e. The fourth-order valence-electron chi connectivity index (χ4n) is 2.08. The number of aromatic nitrogens is 2. The van der Waals surface area contributed by atoms with Gasteiger partial charge in [-0.3, -0.25) is 9.78 Å². The first kappa shape index (κ1) is 15.3. The van der Waals surface area contributed by atoms with Crippen LogP contribution in [0.3, 0.4) is 0 Å². The molecular formula is C16H22N4O. The number of hydrogen-bond acceptors (Lipinski definition) is 3. The first-order chi connectivity index (χ1) is 10.2. The number of nitrogens with one attached hydrogen (secondary N) is 2. The molecule has 0 atom stereocenters. The summed E-state index contributed by atoms with van der Waals surface area (Å²) in [7, 11) is 1.90. The summed E-state index contributed by atoms with van der Waals surface area (Å²) >= 11 is 0. The van der Waals surface area contributed by atoms with E-state index in [9.17, 15) is 4.79 Å². The lowest BCUT2D eigenvalue weighted by Crippen LogP contribution is -2.28. The zero-order valence-corrected chi connectivity index (χ0v) is 12.6. The molecule has 2 heterocycles. The van der Waals surface area contributed by atoms with Gasteiger partial charge in [0.2, 0.25) is 0 Å². The number of aryl methyl sites for hydroxylation is 1. The third-order valence-corrected chi connectivity index (χ3v) is 3.47. The fourth-order valence-corrected chi connectivity index (χ4v) is 2.08. The number of nitrogens with zero attached hydrogens (tertiary/aromatic N) is 2. The largest absolute Gasteiger partial charge is 0.351 e. The van der Waals surface area contributed by atoms with E-state index in [0.29, 0.717) is 12.2 Å². The SMILES string of the molecule is Cc1ccc(C(=O)NCCCNCc2cccnc2)n1C. The lowest BCUT2D eigenvalue weighted by atomic mass is 10.3. The second kappa shape index (κ2) is 7.59. The van der Waals surface area contributed by atoms with Gasteiger partial charge in [0.15, 0.2) is 0 Å². The third kappa shape index (κ3) is 4.43. The fraction of sp³-hybridized carbons (Fsp3) is 0.375. The minimum Gasteiger partial charge on any atom is -0.351 e. The van der Waals surface area contributed by atoms with E-state index >= 15 is 0 Å². The molecule has 0 aliphatic rings. The second-order valence-corrected chi connectivity index (χ2v) is 5.07. The highest BCUT2D eigenvalue weighted by Gasteiger charge is 2.09. The second-order valence-electron chi connectivity index (χ2n) is 5.07. The van der Waals surface area contributed by atoms with Crippen LogP contribution in [0.1, 0.15) is 28.2 Å². The molecule has 1 amide bonds. The van der Waals surface area contributed by atoms with Crippen molar-refractivity contribution in [3.05, 3.63) is 53.6 Å². The summed E-state index contributed by atoms with van der Waals surface area (Å²) in [4.78, 5) is 16.0. The minimum atomic E-state index is -0.0159. The molecule has 0 spiro atoms. The van der Waals surface area contributed by atoms with E-state index < -0.39 is 0 Å². The van der Waals surface area contributed by atoms with Crippen LogP contribution >= 0.6 is 0 Å². The maximum atomic E-state index is 12.0. The molecule has 21 heavy (non-hydrogen) atoms. The molecule has 2 N–H and O–H groups in total. The number of rotatable bonds is 7. The summed E-state index contributed by atoms with van der Waals surface area (Å²) in [5.74, 6) is -0.0159. The summed E-state index contributed by atoms with van der Waals surface area (Å²) in [5.41, 5.74) is 2.95. The highest BCUT2D eigenvalue weighted by atomic mass is 16.1. The molecule has 0 unspecified atom stereocenters. The maximum absolute atomic E-state index is 12.0. The van der Waals surface area contributed by atoms with Crippen LogP contribution in [0, 0.1) is 6.92 Å². The van der Waals surface area contributed by atoms with Gasteiger partial charge in [-0.15, -0.1) is 0 Å². The van der Waals surface area contributed by atoms with Crippen molar-refractivity contribution in [2.24, 2.45) is 7.05 Å². The Bertz CT molecular complexity index is 577. The molecule has 5 heteroatoms. The van der Waals surface area contributed by atoms with Crippen LogP contribution in [0.2, 0.25) is 0 Å². The first-order valence-electron chi connectivity index (χ1n) is 7.18. The average Bonchev–Trinajstić information content (AvgIpc) is 2.83. The summed E-state index contributed by atoms with van der Waals surface area (Å²) < 4.78 is 1.90. The van der Waals surface area contributed by atoms with Crippen molar-refractivity contribution in [2.75, 3.05) is 13.1 Å². The number of pyridine rings is 1. The van der Waals surface area contributed by atoms with Crippen LogP contribution in [0.25, 0.3) is 0 Å². The first-order valence-corrected chi connectivity index (χ1v) is 7.18. The molecule has 0 saturated carbocycles. The van der Waals surface area contributed by atoms with Gasteiger partial charge in [0, 0.05) is 38.2 Å². The van der Waals surface area contributed by atoms with Crippen LogP contribution < -0.4 is 10.6 Å². The van der Waals surface area contributed by atoms with Gasteiger partial charge in [-0.2, -0.15) is 0 Å². The van der Waals surface area contributed by atoms with Crippen LogP contribution in [0.5, 0.6) is 0 Å². The Morgan fingerprint density at radius 1 is 1.29 bits per heavy atom. The van der Waals surface area contributed by atoms with Crippen molar-refractivity contribution in [1.82, 2.24) is 20.2 Å². The summed E-state index contributed by atoms with van der Waals surface area (Å²) in [6.07, 6.45) is 4.52. The van der Waals surface area contributed by atoms with Crippen molar-refractivity contribution >= 4 is 5.91 Å². The third-order valence-electron chi connectivity index (χ3n) is 3.47. The Kier molecular flexibility index (Phi) is 5.51. The zero-order chi connectivity index (χ0) is 15.1. The Labute approximate surface area is 125 Å². The van der Waals surface area contributed by atoms with Gasteiger partial charge < -0.3 is 15.2 Å². The Morgan fingerprint density at radius 2 is 2.14 bits per heavy atom. The Balaban J connectivity index is 1.62. The van der Waals surface area contributed by atoms with Gasteiger partial charge in [-0.05, 0) is 43.7 Å². The molecule has 2 aromatic rings. The normalized spacial score (nSPS) is 10.6. The average molecular weight is 286 g/mol. The molecular weight excluding hydrogens is 264 g/mol. The predicted molar refractivity (Wildman–Crippen MR) is 83.0 cm³/mol. The molecule has 0 bridgehead atoms. The van der Waals surface area contributed by atoms with E-state index in [1.807, 2.05) is 49.0 Å². The van der Waals surface area contributed by atoms with E-state index in [2.05, 4.69) is 15.6 Å². The molecule has 2 aromatic heterocycles. The van der Waals surface area contributed by atoms with Crippen LogP contribution in [-0.4, -0.2) is 28.5 Å². The Morgan fingerprint density at radius 3 is 2.81 bits per heavy atom. The topological polar surface area (TPSA) is 59.0 Å². The Hall–Kier alpha value is -2.14. The lowest BCUT2D eigenvalue weighted by Gasteiger charge is -2.08. The van der Waals surface area contributed by atoms with E-state index in [1.54, 1.807) is 6.20 Å². The number of carbonyl (C=O) groups excluding carboxylic acids is 1. The quantitative estimate of drug-likeness (QED) is 0.761. The summed E-state index contributed by atoms with van der Waals surface area (Å²) in [6, 6.07) is 7.77. The van der Waals surface area contributed by atoms with E-state index in [4.69, 9.17) is 0 Å². The van der Waals surface area contributed by atoms with Crippen LogP contribution in [-0.2, 0) is 13.6 Å². The van der Waals surface area contributed by atoms with Gasteiger partial charge >= 0.3 is 0 Å². The van der Waals surface area contributed by atoms with Gasteiger partial charge in [0.25, 0.3) is 5.91 Å². The predicted octanol–water partition coefficient (Wildman–Crippen LogP) is 1.64. The molecule has 5 nitrogen and oxygen atoms in total. The monoisotopic (exact) mass is 286 g/mol. The van der Waals surface area contributed by atoms with Crippen molar-refractivity contribution in [1.29, 1.82) is 0 Å². The van der Waals surface area contributed by atoms with E-state index in [0.717, 1.165) is 25.2 Å². The molecule has 0 aromatic carbocycles. The van der Waals surface area contributed by atoms with E-state index in [1.165, 1.54) is 5.56 Å². The lowest BCUT2D eigenvalue weighted by molar-refractivity contribution is 0.0945. The molecule has 112 valence electrons.